The maximum atomic E-state index is 11.6. The van der Waals surface area contributed by atoms with Crippen molar-refractivity contribution in [1.82, 2.24) is 10.3 Å². The molecular weight excluding hydrogens is 291 g/mol. The molecular formula is C12H10Cl2N2OS. The molecule has 1 aromatic carbocycles. The van der Waals surface area contributed by atoms with Crippen molar-refractivity contribution in [3.63, 3.8) is 0 Å². The van der Waals surface area contributed by atoms with Crippen LogP contribution in [0.5, 0.6) is 0 Å². The zero-order valence-electron chi connectivity index (χ0n) is 9.32. The van der Waals surface area contributed by atoms with E-state index in [1.165, 1.54) is 11.3 Å². The van der Waals surface area contributed by atoms with Crippen molar-refractivity contribution in [2.45, 2.75) is 6.42 Å². The third-order valence-corrected chi connectivity index (χ3v) is 3.53. The van der Waals surface area contributed by atoms with Gasteiger partial charge < -0.3 is 5.32 Å². The molecule has 18 heavy (non-hydrogen) atoms. The zero-order valence-corrected chi connectivity index (χ0v) is 11.6. The molecule has 0 spiro atoms. The van der Waals surface area contributed by atoms with Crippen LogP contribution in [0.3, 0.4) is 0 Å². The van der Waals surface area contributed by atoms with Crippen molar-refractivity contribution >= 4 is 40.4 Å². The van der Waals surface area contributed by atoms with Crippen molar-refractivity contribution in [3.8, 4) is 0 Å². The fourth-order valence-corrected chi connectivity index (χ4v) is 2.49. The van der Waals surface area contributed by atoms with Crippen molar-refractivity contribution < 1.29 is 4.79 Å². The highest BCUT2D eigenvalue weighted by atomic mass is 35.5. The van der Waals surface area contributed by atoms with Gasteiger partial charge in [0.15, 0.2) is 0 Å². The molecule has 0 aliphatic rings. The van der Waals surface area contributed by atoms with Crippen molar-refractivity contribution in [2.24, 2.45) is 0 Å². The van der Waals surface area contributed by atoms with Gasteiger partial charge in [-0.05, 0) is 24.1 Å². The Labute approximate surface area is 119 Å². The summed E-state index contributed by atoms with van der Waals surface area (Å²) in [6, 6.07) is 5.34. The molecule has 0 aliphatic heterocycles. The van der Waals surface area contributed by atoms with Gasteiger partial charge in [-0.15, -0.1) is 11.3 Å². The van der Waals surface area contributed by atoms with Gasteiger partial charge in [-0.3, -0.25) is 4.79 Å². The van der Waals surface area contributed by atoms with E-state index in [0.29, 0.717) is 28.7 Å². The Hall–Kier alpha value is -1.10. The van der Waals surface area contributed by atoms with Crippen LogP contribution >= 0.6 is 34.5 Å². The van der Waals surface area contributed by atoms with E-state index < -0.39 is 0 Å². The third kappa shape index (κ3) is 3.45. The number of carbonyl (C=O) groups is 1. The van der Waals surface area contributed by atoms with Crippen LogP contribution < -0.4 is 5.32 Å². The summed E-state index contributed by atoms with van der Waals surface area (Å²) in [4.78, 5) is 15.5. The van der Waals surface area contributed by atoms with Crippen molar-refractivity contribution in [1.29, 1.82) is 0 Å². The Bertz CT molecular complexity index is 543. The standard InChI is InChI=1S/C12H10Cl2N2OS/c13-9-2-1-8(10(14)5-9)3-4-15-12(17)11-6-18-7-16-11/h1-2,5-7H,3-4H2,(H,15,17). The second-order valence-corrected chi connectivity index (χ2v) is 5.18. The summed E-state index contributed by atoms with van der Waals surface area (Å²) in [5.41, 5.74) is 3.03. The predicted octanol–water partition coefficient (Wildman–Crippen LogP) is 3.42. The van der Waals surface area contributed by atoms with Gasteiger partial charge in [0.2, 0.25) is 0 Å². The van der Waals surface area contributed by atoms with E-state index in [0.717, 1.165) is 5.56 Å². The predicted molar refractivity (Wildman–Crippen MR) is 74.6 cm³/mol. The van der Waals surface area contributed by atoms with Gasteiger partial charge in [-0.25, -0.2) is 4.98 Å². The summed E-state index contributed by atoms with van der Waals surface area (Å²) in [6.45, 7) is 0.512. The molecule has 2 rings (SSSR count). The number of aromatic nitrogens is 1. The number of carbonyl (C=O) groups excluding carboxylic acids is 1. The molecule has 94 valence electrons. The Kier molecular flexibility index (Phi) is 4.58. The van der Waals surface area contributed by atoms with E-state index in [9.17, 15) is 4.79 Å². The molecule has 1 N–H and O–H groups in total. The van der Waals surface area contributed by atoms with Crippen LogP contribution in [0.25, 0.3) is 0 Å². The van der Waals surface area contributed by atoms with Crippen LogP contribution in [0.1, 0.15) is 16.1 Å². The summed E-state index contributed by atoms with van der Waals surface area (Å²) in [5, 5.41) is 5.72. The van der Waals surface area contributed by atoms with Crippen LogP contribution in [-0.2, 0) is 6.42 Å². The lowest BCUT2D eigenvalue weighted by molar-refractivity contribution is 0.0950. The van der Waals surface area contributed by atoms with Crippen molar-refractivity contribution in [2.75, 3.05) is 6.54 Å². The number of amides is 1. The number of thiazole rings is 1. The minimum absolute atomic E-state index is 0.165. The van der Waals surface area contributed by atoms with Gasteiger partial charge in [0.05, 0.1) is 5.51 Å². The average molecular weight is 301 g/mol. The summed E-state index contributed by atoms with van der Waals surface area (Å²) in [7, 11) is 0. The molecule has 0 bridgehead atoms. The molecule has 3 nitrogen and oxygen atoms in total. The minimum Gasteiger partial charge on any atom is -0.350 e. The molecule has 0 unspecified atom stereocenters. The quantitative estimate of drug-likeness (QED) is 0.940. The van der Waals surface area contributed by atoms with Gasteiger partial charge in [0.25, 0.3) is 5.91 Å². The van der Waals surface area contributed by atoms with Crippen molar-refractivity contribution in [3.05, 3.63) is 50.4 Å². The highest BCUT2D eigenvalue weighted by Gasteiger charge is 2.07. The van der Waals surface area contributed by atoms with Crippen LogP contribution in [-0.4, -0.2) is 17.4 Å². The highest BCUT2D eigenvalue weighted by molar-refractivity contribution is 7.07. The fraction of sp³-hybridized carbons (Fsp3) is 0.167. The molecule has 1 heterocycles. The molecule has 1 amide bonds. The van der Waals surface area contributed by atoms with E-state index in [-0.39, 0.29) is 5.91 Å². The van der Waals surface area contributed by atoms with E-state index in [4.69, 9.17) is 23.2 Å². The topological polar surface area (TPSA) is 42.0 Å². The first-order valence-corrected chi connectivity index (χ1v) is 6.97. The number of hydrogen-bond donors (Lipinski definition) is 1. The molecule has 0 atom stereocenters. The Balaban J connectivity index is 1.87. The first-order chi connectivity index (χ1) is 8.66. The first kappa shape index (κ1) is 13.3. The summed E-state index contributed by atoms with van der Waals surface area (Å²) >= 11 is 13.2. The number of benzene rings is 1. The maximum Gasteiger partial charge on any atom is 0.270 e. The normalized spacial score (nSPS) is 10.3. The number of rotatable bonds is 4. The lowest BCUT2D eigenvalue weighted by Gasteiger charge is -2.06. The van der Waals surface area contributed by atoms with E-state index in [1.807, 2.05) is 6.07 Å². The second kappa shape index (κ2) is 6.18. The monoisotopic (exact) mass is 300 g/mol. The first-order valence-electron chi connectivity index (χ1n) is 5.27. The highest BCUT2D eigenvalue weighted by Crippen LogP contribution is 2.21. The Morgan fingerprint density at radius 3 is 2.89 bits per heavy atom. The largest absolute Gasteiger partial charge is 0.350 e. The Morgan fingerprint density at radius 2 is 2.22 bits per heavy atom. The second-order valence-electron chi connectivity index (χ2n) is 3.62. The molecule has 2 aromatic rings. The minimum atomic E-state index is -0.165. The molecule has 0 radical (unpaired) electrons. The zero-order chi connectivity index (χ0) is 13.0. The number of nitrogens with zero attached hydrogens (tertiary/aromatic N) is 1. The fourth-order valence-electron chi connectivity index (χ4n) is 1.45. The average Bonchev–Trinajstić information content (AvgIpc) is 2.85. The molecule has 1 aromatic heterocycles. The molecule has 0 fully saturated rings. The Morgan fingerprint density at radius 1 is 1.39 bits per heavy atom. The molecule has 0 saturated carbocycles. The number of hydrogen-bond acceptors (Lipinski definition) is 3. The molecule has 6 heteroatoms. The smallest absolute Gasteiger partial charge is 0.270 e. The number of halogens is 2. The summed E-state index contributed by atoms with van der Waals surface area (Å²) < 4.78 is 0. The molecule has 0 saturated heterocycles. The SMILES string of the molecule is O=C(NCCc1ccc(Cl)cc1Cl)c1cscn1. The van der Waals surface area contributed by atoms with Gasteiger partial charge in [-0.1, -0.05) is 29.3 Å². The lowest BCUT2D eigenvalue weighted by atomic mass is 10.1. The van der Waals surface area contributed by atoms with E-state index in [2.05, 4.69) is 10.3 Å². The van der Waals surface area contributed by atoms with Crippen LogP contribution in [0, 0.1) is 0 Å². The van der Waals surface area contributed by atoms with Crippen LogP contribution in [0.15, 0.2) is 29.1 Å². The van der Waals surface area contributed by atoms with Gasteiger partial charge in [0.1, 0.15) is 5.69 Å². The van der Waals surface area contributed by atoms with E-state index >= 15 is 0 Å². The third-order valence-electron chi connectivity index (χ3n) is 2.36. The maximum absolute atomic E-state index is 11.6. The van der Waals surface area contributed by atoms with E-state index in [1.54, 1.807) is 23.0 Å². The van der Waals surface area contributed by atoms with Gasteiger partial charge in [-0.2, -0.15) is 0 Å². The number of nitrogens with one attached hydrogen (secondary N) is 1. The van der Waals surface area contributed by atoms with Crippen LogP contribution in [0.2, 0.25) is 10.0 Å². The van der Waals surface area contributed by atoms with Crippen LogP contribution in [0.4, 0.5) is 0 Å². The van der Waals surface area contributed by atoms with Gasteiger partial charge in [0, 0.05) is 22.0 Å². The summed E-state index contributed by atoms with van der Waals surface area (Å²) in [6.07, 6.45) is 0.659. The summed E-state index contributed by atoms with van der Waals surface area (Å²) in [5.74, 6) is -0.165. The molecule has 0 aliphatic carbocycles. The lowest BCUT2D eigenvalue weighted by Crippen LogP contribution is -2.25. The van der Waals surface area contributed by atoms with Gasteiger partial charge >= 0.3 is 0 Å².